The number of rotatable bonds is 6. The summed E-state index contributed by atoms with van der Waals surface area (Å²) in [7, 11) is -2.15. The molecule has 7 heteroatoms. The minimum Gasteiger partial charge on any atom is -0.462 e. The number of hydrogen-bond donors (Lipinski definition) is 0. The van der Waals surface area contributed by atoms with E-state index in [1.165, 1.54) is 35.6 Å². The highest BCUT2D eigenvalue weighted by Gasteiger charge is 2.21. The molecular formula is C17H18ClNO4S. The van der Waals surface area contributed by atoms with Gasteiger partial charge in [0, 0.05) is 18.6 Å². The summed E-state index contributed by atoms with van der Waals surface area (Å²) in [4.78, 5) is 11.7. The highest BCUT2D eigenvalue weighted by atomic mass is 35.5. The predicted molar refractivity (Wildman–Crippen MR) is 92.5 cm³/mol. The van der Waals surface area contributed by atoms with Crippen molar-refractivity contribution in [2.75, 3.05) is 13.7 Å². The summed E-state index contributed by atoms with van der Waals surface area (Å²) in [6.45, 7) is 2.20. The Hall–Kier alpha value is -1.89. The van der Waals surface area contributed by atoms with Crippen LogP contribution in [0.3, 0.4) is 0 Å². The van der Waals surface area contributed by atoms with Gasteiger partial charge < -0.3 is 4.74 Å². The predicted octanol–water partition coefficient (Wildman–Crippen LogP) is 3.34. The minimum atomic E-state index is -3.65. The van der Waals surface area contributed by atoms with E-state index < -0.39 is 16.0 Å². The highest BCUT2D eigenvalue weighted by molar-refractivity contribution is 7.89. The Morgan fingerprint density at radius 1 is 1.08 bits per heavy atom. The third kappa shape index (κ3) is 4.35. The molecule has 5 nitrogen and oxygen atoms in total. The van der Waals surface area contributed by atoms with Crippen molar-refractivity contribution in [3.05, 3.63) is 64.7 Å². The maximum atomic E-state index is 12.6. The third-order valence-corrected chi connectivity index (χ3v) is 5.46. The van der Waals surface area contributed by atoms with Gasteiger partial charge in [-0.05, 0) is 48.9 Å². The molecule has 0 aliphatic heterocycles. The lowest BCUT2D eigenvalue weighted by Gasteiger charge is -2.17. The van der Waals surface area contributed by atoms with Gasteiger partial charge in [0.15, 0.2) is 0 Å². The molecule has 0 unspecified atom stereocenters. The van der Waals surface area contributed by atoms with Gasteiger partial charge in [-0.3, -0.25) is 0 Å². The van der Waals surface area contributed by atoms with Crippen molar-refractivity contribution >= 4 is 27.6 Å². The first-order valence-electron chi connectivity index (χ1n) is 7.32. The van der Waals surface area contributed by atoms with Gasteiger partial charge in [0.1, 0.15) is 0 Å². The molecule has 0 atom stereocenters. The Kier molecular flexibility index (Phi) is 5.99. The van der Waals surface area contributed by atoms with Gasteiger partial charge in [0.05, 0.1) is 17.1 Å². The van der Waals surface area contributed by atoms with E-state index in [1.54, 1.807) is 31.2 Å². The number of carbonyl (C=O) groups excluding carboxylic acids is 1. The quantitative estimate of drug-likeness (QED) is 0.734. The maximum absolute atomic E-state index is 12.6. The molecule has 0 N–H and O–H groups in total. The van der Waals surface area contributed by atoms with Crippen LogP contribution in [0.15, 0.2) is 53.4 Å². The molecule has 0 radical (unpaired) electrons. The van der Waals surface area contributed by atoms with E-state index >= 15 is 0 Å². The summed E-state index contributed by atoms with van der Waals surface area (Å²) in [6, 6.07) is 12.7. The van der Waals surface area contributed by atoms with Crippen molar-refractivity contribution in [1.29, 1.82) is 0 Å². The van der Waals surface area contributed by atoms with Crippen LogP contribution in [0.2, 0.25) is 5.02 Å². The Morgan fingerprint density at radius 3 is 2.21 bits per heavy atom. The van der Waals surface area contributed by atoms with Crippen LogP contribution in [0.5, 0.6) is 0 Å². The van der Waals surface area contributed by atoms with Gasteiger partial charge in [-0.2, -0.15) is 4.31 Å². The van der Waals surface area contributed by atoms with Gasteiger partial charge in [0.2, 0.25) is 10.0 Å². The van der Waals surface area contributed by atoms with E-state index in [0.29, 0.717) is 10.6 Å². The summed E-state index contributed by atoms with van der Waals surface area (Å²) >= 11 is 5.83. The molecule has 2 aromatic carbocycles. The number of esters is 1. The zero-order valence-corrected chi connectivity index (χ0v) is 15.0. The minimum absolute atomic E-state index is 0.118. The molecule has 2 rings (SSSR count). The van der Waals surface area contributed by atoms with E-state index in [2.05, 4.69) is 0 Å². The first kappa shape index (κ1) is 18.4. The smallest absolute Gasteiger partial charge is 0.338 e. The van der Waals surface area contributed by atoms with Crippen LogP contribution in [0.4, 0.5) is 0 Å². The zero-order valence-electron chi connectivity index (χ0n) is 13.4. The van der Waals surface area contributed by atoms with E-state index in [4.69, 9.17) is 16.3 Å². The van der Waals surface area contributed by atoms with E-state index in [9.17, 15) is 13.2 Å². The summed E-state index contributed by atoms with van der Waals surface area (Å²) in [5.74, 6) is -0.476. The molecule has 0 aliphatic rings. The van der Waals surface area contributed by atoms with Crippen LogP contribution in [0, 0.1) is 0 Å². The lowest BCUT2D eigenvalue weighted by atomic mass is 10.2. The number of ether oxygens (including phenoxy) is 1. The largest absolute Gasteiger partial charge is 0.462 e. The van der Waals surface area contributed by atoms with Gasteiger partial charge in [-0.1, -0.05) is 23.7 Å². The average molecular weight is 368 g/mol. The first-order valence-corrected chi connectivity index (χ1v) is 9.14. The summed E-state index contributed by atoms with van der Waals surface area (Å²) in [5.41, 5.74) is 1.14. The molecule has 0 aromatic heterocycles. The molecule has 0 fully saturated rings. The molecule has 0 saturated heterocycles. The molecule has 0 saturated carbocycles. The van der Waals surface area contributed by atoms with Gasteiger partial charge >= 0.3 is 5.97 Å². The number of sulfonamides is 1. The van der Waals surface area contributed by atoms with Crippen LogP contribution >= 0.6 is 11.6 Å². The number of nitrogens with zero attached hydrogens (tertiary/aromatic N) is 1. The second kappa shape index (κ2) is 7.79. The van der Waals surface area contributed by atoms with Crippen LogP contribution in [-0.2, 0) is 21.3 Å². The number of halogens is 1. The molecule has 0 amide bonds. The van der Waals surface area contributed by atoms with Gasteiger partial charge in [0.25, 0.3) is 0 Å². The topological polar surface area (TPSA) is 63.7 Å². The van der Waals surface area contributed by atoms with Crippen LogP contribution in [-0.4, -0.2) is 32.3 Å². The molecule has 2 aromatic rings. The van der Waals surface area contributed by atoms with E-state index in [-0.39, 0.29) is 18.0 Å². The third-order valence-electron chi connectivity index (χ3n) is 3.39. The molecule has 128 valence electrons. The first-order chi connectivity index (χ1) is 11.3. The van der Waals surface area contributed by atoms with Crippen molar-refractivity contribution < 1.29 is 17.9 Å². The normalized spacial score (nSPS) is 11.5. The van der Waals surface area contributed by atoms with Gasteiger partial charge in [-0.15, -0.1) is 0 Å². The molecule has 0 bridgehead atoms. The fourth-order valence-corrected chi connectivity index (χ4v) is 3.37. The van der Waals surface area contributed by atoms with Crippen molar-refractivity contribution in [3.63, 3.8) is 0 Å². The Morgan fingerprint density at radius 2 is 1.67 bits per heavy atom. The summed E-state index contributed by atoms with van der Waals surface area (Å²) < 4.78 is 31.3. The molecule has 24 heavy (non-hydrogen) atoms. The summed E-state index contributed by atoms with van der Waals surface area (Å²) in [5, 5.41) is 0.596. The Labute approximate surface area is 146 Å². The Balaban J connectivity index is 2.16. The molecule has 0 aliphatic carbocycles. The molecular weight excluding hydrogens is 350 g/mol. The van der Waals surface area contributed by atoms with Crippen LogP contribution in [0.1, 0.15) is 22.8 Å². The number of benzene rings is 2. The van der Waals surface area contributed by atoms with E-state index in [0.717, 1.165) is 5.56 Å². The van der Waals surface area contributed by atoms with Gasteiger partial charge in [-0.25, -0.2) is 13.2 Å². The lowest BCUT2D eigenvalue weighted by molar-refractivity contribution is 0.0526. The van der Waals surface area contributed by atoms with Crippen molar-refractivity contribution in [3.8, 4) is 0 Å². The van der Waals surface area contributed by atoms with E-state index in [1.807, 2.05) is 0 Å². The monoisotopic (exact) mass is 367 g/mol. The summed E-state index contributed by atoms with van der Waals surface area (Å²) in [6.07, 6.45) is 0. The Bertz CT molecular complexity index is 801. The standard InChI is InChI=1S/C17H18ClNO4S/c1-3-23-17(20)14-6-10-16(11-7-14)24(21,22)19(2)12-13-4-8-15(18)9-5-13/h4-11H,3,12H2,1-2H3. The average Bonchev–Trinajstić information content (AvgIpc) is 2.57. The number of carbonyl (C=O) groups is 1. The fourth-order valence-electron chi connectivity index (χ4n) is 2.09. The second-order valence-corrected chi connectivity index (χ2v) is 7.61. The zero-order chi connectivity index (χ0) is 17.7. The number of hydrogen-bond acceptors (Lipinski definition) is 4. The maximum Gasteiger partial charge on any atom is 0.338 e. The van der Waals surface area contributed by atoms with Crippen molar-refractivity contribution in [2.24, 2.45) is 0 Å². The van der Waals surface area contributed by atoms with Crippen molar-refractivity contribution in [2.45, 2.75) is 18.4 Å². The second-order valence-electron chi connectivity index (χ2n) is 5.13. The van der Waals surface area contributed by atoms with Crippen molar-refractivity contribution in [1.82, 2.24) is 4.31 Å². The SMILES string of the molecule is CCOC(=O)c1ccc(S(=O)(=O)N(C)Cc2ccc(Cl)cc2)cc1. The molecule has 0 spiro atoms. The van der Waals surface area contributed by atoms with Crippen LogP contribution in [0.25, 0.3) is 0 Å². The highest BCUT2D eigenvalue weighted by Crippen LogP contribution is 2.19. The fraction of sp³-hybridized carbons (Fsp3) is 0.235. The molecule has 0 heterocycles. The van der Waals surface area contributed by atoms with Crippen LogP contribution < -0.4 is 0 Å². The lowest BCUT2D eigenvalue weighted by Crippen LogP contribution is -2.26.